The van der Waals surface area contributed by atoms with Crippen LogP contribution >= 0.6 is 22.6 Å². The molecule has 2 rings (SSSR count). The van der Waals surface area contributed by atoms with Gasteiger partial charge in [0, 0.05) is 3.57 Å². The number of rotatable bonds is 6. The lowest BCUT2D eigenvalue weighted by molar-refractivity contribution is 0.324. The predicted octanol–water partition coefficient (Wildman–Crippen LogP) is 4.50. The second-order valence-electron chi connectivity index (χ2n) is 4.68. The molecule has 4 nitrogen and oxygen atoms in total. The highest BCUT2D eigenvalue weighted by Gasteiger charge is 2.12. The summed E-state index contributed by atoms with van der Waals surface area (Å²) in [5.41, 5.74) is 2.04. The molecule has 2 aromatic rings. The zero-order valence-electron chi connectivity index (χ0n) is 13.6. The molecule has 0 fully saturated rings. The number of methoxy groups -OCH3 is 4. The predicted molar refractivity (Wildman–Crippen MR) is 101 cm³/mol. The third-order valence-electron chi connectivity index (χ3n) is 3.35. The van der Waals surface area contributed by atoms with Crippen molar-refractivity contribution >= 4 is 34.7 Å². The van der Waals surface area contributed by atoms with Gasteiger partial charge in [0.25, 0.3) is 0 Å². The Kier molecular flexibility index (Phi) is 6.15. The van der Waals surface area contributed by atoms with Crippen molar-refractivity contribution in [3.05, 3.63) is 45.0 Å². The quantitative estimate of drug-likeness (QED) is 0.504. The summed E-state index contributed by atoms with van der Waals surface area (Å²) >= 11 is 2.30. The average molecular weight is 426 g/mol. The average Bonchev–Trinajstić information content (AvgIpc) is 2.59. The van der Waals surface area contributed by atoms with Gasteiger partial charge in [-0.1, -0.05) is 12.2 Å². The van der Waals surface area contributed by atoms with Crippen LogP contribution in [-0.4, -0.2) is 28.4 Å². The maximum absolute atomic E-state index is 5.37. The molecule has 0 atom stereocenters. The van der Waals surface area contributed by atoms with Crippen molar-refractivity contribution in [1.82, 2.24) is 0 Å². The van der Waals surface area contributed by atoms with Crippen molar-refractivity contribution < 1.29 is 18.9 Å². The Morgan fingerprint density at radius 1 is 0.783 bits per heavy atom. The van der Waals surface area contributed by atoms with E-state index in [1.54, 1.807) is 28.4 Å². The van der Waals surface area contributed by atoms with E-state index in [1.807, 2.05) is 42.5 Å². The lowest BCUT2D eigenvalue weighted by Crippen LogP contribution is -1.95. The van der Waals surface area contributed by atoms with E-state index in [0.29, 0.717) is 17.2 Å². The van der Waals surface area contributed by atoms with Crippen molar-refractivity contribution in [3.63, 3.8) is 0 Å². The van der Waals surface area contributed by atoms with Crippen LogP contribution in [0.2, 0.25) is 0 Å². The van der Waals surface area contributed by atoms with Crippen LogP contribution in [0.15, 0.2) is 30.3 Å². The third kappa shape index (κ3) is 4.10. The molecular formula is C18H19IO4. The lowest BCUT2D eigenvalue weighted by Gasteiger charge is -2.12. The highest BCUT2D eigenvalue weighted by Crippen LogP contribution is 2.38. The van der Waals surface area contributed by atoms with Gasteiger partial charge in [0.1, 0.15) is 5.75 Å². The van der Waals surface area contributed by atoms with Gasteiger partial charge in [-0.2, -0.15) is 0 Å². The molecule has 122 valence electrons. The number of halogens is 1. The number of hydrogen-bond acceptors (Lipinski definition) is 4. The number of benzene rings is 2. The molecule has 0 radical (unpaired) electrons. The molecule has 0 amide bonds. The van der Waals surface area contributed by atoms with E-state index in [9.17, 15) is 0 Å². The minimum Gasteiger partial charge on any atom is -0.497 e. The van der Waals surface area contributed by atoms with Crippen LogP contribution in [0.3, 0.4) is 0 Å². The summed E-state index contributed by atoms with van der Waals surface area (Å²) in [7, 11) is 6.47. The van der Waals surface area contributed by atoms with Crippen LogP contribution in [0.4, 0.5) is 0 Å². The molecule has 0 aliphatic rings. The molecule has 0 bridgehead atoms. The van der Waals surface area contributed by atoms with Crippen molar-refractivity contribution in [2.24, 2.45) is 0 Å². The first kappa shape index (κ1) is 17.5. The molecule has 0 saturated carbocycles. The summed E-state index contributed by atoms with van der Waals surface area (Å²) in [5.74, 6) is 2.68. The molecule has 2 aromatic carbocycles. The third-order valence-corrected chi connectivity index (χ3v) is 4.33. The molecule has 23 heavy (non-hydrogen) atoms. The Bertz CT molecular complexity index is 685. The van der Waals surface area contributed by atoms with Crippen LogP contribution in [0.5, 0.6) is 23.0 Å². The molecule has 5 heteroatoms. The fourth-order valence-electron chi connectivity index (χ4n) is 2.16. The SMILES string of the molecule is COc1ccc(I)c(C=Cc2cc(OC)c(OC)c(OC)c2)c1. The van der Waals surface area contributed by atoms with E-state index in [2.05, 4.69) is 22.6 Å². The zero-order valence-corrected chi connectivity index (χ0v) is 15.7. The van der Waals surface area contributed by atoms with Gasteiger partial charge in [0.15, 0.2) is 11.5 Å². The molecule has 0 spiro atoms. The largest absolute Gasteiger partial charge is 0.497 e. The van der Waals surface area contributed by atoms with E-state index >= 15 is 0 Å². The maximum atomic E-state index is 5.37. The van der Waals surface area contributed by atoms with Gasteiger partial charge in [0.05, 0.1) is 28.4 Å². The lowest BCUT2D eigenvalue weighted by atomic mass is 10.1. The maximum Gasteiger partial charge on any atom is 0.203 e. The Morgan fingerprint density at radius 2 is 1.43 bits per heavy atom. The van der Waals surface area contributed by atoms with Crippen LogP contribution in [0.25, 0.3) is 12.2 Å². The first-order valence-electron chi connectivity index (χ1n) is 6.94. The van der Waals surface area contributed by atoms with E-state index in [4.69, 9.17) is 18.9 Å². The fourth-order valence-corrected chi connectivity index (χ4v) is 2.68. The van der Waals surface area contributed by atoms with Gasteiger partial charge in [-0.05, 0) is 64.0 Å². The Labute approximate surface area is 150 Å². The topological polar surface area (TPSA) is 36.9 Å². The molecule has 0 aliphatic carbocycles. The Morgan fingerprint density at radius 3 is 1.96 bits per heavy atom. The first-order chi connectivity index (χ1) is 11.1. The molecule has 0 saturated heterocycles. The van der Waals surface area contributed by atoms with Crippen molar-refractivity contribution in [2.75, 3.05) is 28.4 Å². The smallest absolute Gasteiger partial charge is 0.203 e. The highest BCUT2D eigenvalue weighted by atomic mass is 127. The minimum absolute atomic E-state index is 0.586. The number of ether oxygens (including phenoxy) is 4. The minimum atomic E-state index is 0.586. The van der Waals surface area contributed by atoms with Crippen LogP contribution in [0.1, 0.15) is 11.1 Å². The van der Waals surface area contributed by atoms with Crippen LogP contribution < -0.4 is 18.9 Å². The molecular weight excluding hydrogens is 407 g/mol. The molecule has 0 aliphatic heterocycles. The monoisotopic (exact) mass is 426 g/mol. The first-order valence-corrected chi connectivity index (χ1v) is 8.02. The summed E-state index contributed by atoms with van der Waals surface area (Å²) in [6, 6.07) is 9.78. The summed E-state index contributed by atoms with van der Waals surface area (Å²) < 4.78 is 22.5. The second-order valence-corrected chi connectivity index (χ2v) is 5.84. The normalized spacial score (nSPS) is 10.7. The number of hydrogen-bond donors (Lipinski definition) is 0. The fraction of sp³-hybridized carbons (Fsp3) is 0.222. The van der Waals surface area contributed by atoms with E-state index in [0.717, 1.165) is 20.4 Å². The molecule has 0 aromatic heterocycles. The van der Waals surface area contributed by atoms with E-state index < -0.39 is 0 Å². The van der Waals surface area contributed by atoms with Gasteiger partial charge < -0.3 is 18.9 Å². The summed E-state index contributed by atoms with van der Waals surface area (Å²) in [5, 5.41) is 0. The standard InChI is InChI=1S/C18H19IO4/c1-20-14-7-8-15(19)13(11-14)6-5-12-9-16(21-2)18(23-4)17(10-12)22-3/h5-11H,1-4H3. The van der Waals surface area contributed by atoms with Gasteiger partial charge in [-0.25, -0.2) is 0 Å². The van der Waals surface area contributed by atoms with Crippen molar-refractivity contribution in [3.8, 4) is 23.0 Å². The summed E-state index contributed by atoms with van der Waals surface area (Å²) in [4.78, 5) is 0. The zero-order chi connectivity index (χ0) is 16.8. The van der Waals surface area contributed by atoms with Crippen LogP contribution in [-0.2, 0) is 0 Å². The van der Waals surface area contributed by atoms with Crippen molar-refractivity contribution in [1.29, 1.82) is 0 Å². The van der Waals surface area contributed by atoms with E-state index in [-0.39, 0.29) is 0 Å². The highest BCUT2D eigenvalue weighted by molar-refractivity contribution is 14.1. The molecule has 0 heterocycles. The Hall–Kier alpha value is -1.89. The second kappa shape index (κ2) is 8.10. The van der Waals surface area contributed by atoms with Gasteiger partial charge in [-0.3, -0.25) is 0 Å². The van der Waals surface area contributed by atoms with Crippen molar-refractivity contribution in [2.45, 2.75) is 0 Å². The van der Waals surface area contributed by atoms with E-state index in [1.165, 1.54) is 0 Å². The van der Waals surface area contributed by atoms with Gasteiger partial charge in [0.2, 0.25) is 5.75 Å². The molecule has 0 unspecified atom stereocenters. The molecule has 0 N–H and O–H groups in total. The van der Waals surface area contributed by atoms with Gasteiger partial charge >= 0.3 is 0 Å². The summed E-state index contributed by atoms with van der Waals surface area (Å²) in [6.07, 6.45) is 4.03. The Balaban J connectivity index is 2.40. The summed E-state index contributed by atoms with van der Waals surface area (Å²) in [6.45, 7) is 0. The van der Waals surface area contributed by atoms with Crippen LogP contribution in [0, 0.1) is 3.57 Å². The van der Waals surface area contributed by atoms with Gasteiger partial charge in [-0.15, -0.1) is 0 Å².